The maximum Gasteiger partial charge on any atom is 0.348 e. The molecule has 7 rings (SSSR count). The average molecular weight is 517 g/mol. The molecule has 0 spiro atoms. The highest BCUT2D eigenvalue weighted by atomic mass is 16.1. The maximum absolute atomic E-state index is 13.4. The molecule has 39 heavy (non-hydrogen) atoms. The quantitative estimate of drug-likeness (QED) is 0.309. The maximum atomic E-state index is 13.4. The molecule has 7 nitrogen and oxygen atoms in total. The highest BCUT2D eigenvalue weighted by Gasteiger charge is 2.28. The fourth-order valence-corrected chi connectivity index (χ4v) is 6.44. The summed E-state index contributed by atoms with van der Waals surface area (Å²) in [4.78, 5) is 13.4. The second kappa shape index (κ2) is 9.75. The predicted molar refractivity (Wildman–Crippen MR) is 156 cm³/mol. The van der Waals surface area contributed by atoms with Gasteiger partial charge in [0.25, 0.3) is 0 Å². The van der Waals surface area contributed by atoms with E-state index in [9.17, 15) is 4.79 Å². The van der Waals surface area contributed by atoms with Crippen molar-refractivity contribution >= 4 is 21.8 Å². The van der Waals surface area contributed by atoms with E-state index in [1.807, 2.05) is 19.2 Å². The highest BCUT2D eigenvalue weighted by molar-refractivity contribution is 5.96. The van der Waals surface area contributed by atoms with Crippen LogP contribution in [0.3, 0.4) is 0 Å². The molecule has 1 atom stereocenters. The Kier molecular flexibility index (Phi) is 5.93. The van der Waals surface area contributed by atoms with E-state index >= 15 is 0 Å². The third kappa shape index (κ3) is 4.10. The normalized spacial score (nSPS) is 15.3. The van der Waals surface area contributed by atoms with Gasteiger partial charge in [0.2, 0.25) is 0 Å². The first kappa shape index (κ1) is 23.7. The molecule has 0 radical (unpaired) electrons. The van der Waals surface area contributed by atoms with Gasteiger partial charge in [0, 0.05) is 47.3 Å². The monoisotopic (exact) mass is 516 g/mol. The van der Waals surface area contributed by atoms with Gasteiger partial charge in [-0.1, -0.05) is 66.7 Å². The van der Waals surface area contributed by atoms with Crippen LogP contribution < -0.4 is 11.0 Å². The minimum absolute atomic E-state index is 0.234. The molecule has 4 heterocycles. The number of piperidine rings is 1. The Morgan fingerprint density at radius 3 is 2.36 bits per heavy atom. The van der Waals surface area contributed by atoms with E-state index in [-0.39, 0.29) is 11.7 Å². The first-order valence-electron chi connectivity index (χ1n) is 13.8. The number of hydrogen-bond donors (Lipinski definition) is 2. The van der Waals surface area contributed by atoms with Gasteiger partial charge in [-0.3, -0.25) is 0 Å². The third-order valence-electron chi connectivity index (χ3n) is 8.34. The average Bonchev–Trinajstić information content (AvgIpc) is 3.65. The Labute approximate surface area is 226 Å². The predicted octanol–water partition coefficient (Wildman–Crippen LogP) is 5.46. The van der Waals surface area contributed by atoms with Gasteiger partial charge in [0.1, 0.15) is 0 Å². The lowest BCUT2D eigenvalue weighted by Gasteiger charge is -2.32. The zero-order valence-corrected chi connectivity index (χ0v) is 22.0. The van der Waals surface area contributed by atoms with Gasteiger partial charge >= 0.3 is 5.69 Å². The van der Waals surface area contributed by atoms with Gasteiger partial charge in [0.05, 0.1) is 11.2 Å². The van der Waals surface area contributed by atoms with Gasteiger partial charge in [-0.05, 0) is 56.0 Å². The fourth-order valence-electron chi connectivity index (χ4n) is 6.44. The van der Waals surface area contributed by atoms with Crippen molar-refractivity contribution in [3.8, 4) is 17.1 Å². The summed E-state index contributed by atoms with van der Waals surface area (Å²) in [7, 11) is 2.03. The van der Waals surface area contributed by atoms with Crippen molar-refractivity contribution in [2.45, 2.75) is 25.3 Å². The van der Waals surface area contributed by atoms with Crippen LogP contribution in [0.2, 0.25) is 0 Å². The molecule has 1 unspecified atom stereocenters. The number of benzene rings is 3. The smallest absolute Gasteiger partial charge is 0.348 e. The van der Waals surface area contributed by atoms with Crippen molar-refractivity contribution < 1.29 is 0 Å². The van der Waals surface area contributed by atoms with Crippen molar-refractivity contribution in [3.05, 3.63) is 107 Å². The van der Waals surface area contributed by atoms with Crippen LogP contribution in [-0.2, 0) is 13.5 Å². The van der Waals surface area contributed by atoms with E-state index in [0.29, 0.717) is 11.7 Å². The molecule has 6 aromatic rings. The van der Waals surface area contributed by atoms with Crippen molar-refractivity contribution in [2.24, 2.45) is 13.0 Å². The van der Waals surface area contributed by atoms with Crippen LogP contribution in [0.5, 0.6) is 0 Å². The summed E-state index contributed by atoms with van der Waals surface area (Å²) in [6.45, 7) is 2.07. The van der Waals surface area contributed by atoms with E-state index in [4.69, 9.17) is 0 Å². The lowest BCUT2D eigenvalue weighted by atomic mass is 9.86. The first-order valence-corrected chi connectivity index (χ1v) is 13.8. The number of H-pyrrole nitrogens is 1. The second-order valence-corrected chi connectivity index (χ2v) is 10.6. The second-order valence-electron chi connectivity index (χ2n) is 10.6. The van der Waals surface area contributed by atoms with Gasteiger partial charge in [-0.25, -0.2) is 14.5 Å². The van der Waals surface area contributed by atoms with Gasteiger partial charge in [-0.15, -0.1) is 0 Å². The minimum Gasteiger partial charge on any atom is -0.350 e. The standard InChI is InChI=1S/C32H32N6O/c1-36-20-26(24-11-5-7-13-27(24)36)31-34-35-32(39)38(31)30-21-37(28-14-8-6-12-25(28)30)29(23-15-17-33-18-16-23)19-22-9-3-2-4-10-22/h2-14,20-21,23,29,33H,15-19H2,1H3,(H,35,39). The fraction of sp³-hybridized carbons (Fsp3) is 0.250. The van der Waals surface area contributed by atoms with E-state index in [1.54, 1.807) is 4.57 Å². The molecule has 0 saturated carbocycles. The molecule has 7 heteroatoms. The number of nitrogens with one attached hydrogen (secondary N) is 2. The molecule has 1 saturated heterocycles. The lowest BCUT2D eigenvalue weighted by molar-refractivity contribution is 0.262. The number of nitrogens with zero attached hydrogens (tertiary/aromatic N) is 4. The Morgan fingerprint density at radius 1 is 0.872 bits per heavy atom. The molecular weight excluding hydrogens is 484 g/mol. The number of aryl methyl sites for hydroxylation is 1. The number of aromatic nitrogens is 5. The zero-order valence-electron chi connectivity index (χ0n) is 22.0. The minimum atomic E-state index is -0.234. The van der Waals surface area contributed by atoms with Crippen LogP contribution in [-0.4, -0.2) is 37.0 Å². The number of aromatic amines is 1. The van der Waals surface area contributed by atoms with Crippen LogP contribution in [0.15, 0.2) is 96.1 Å². The van der Waals surface area contributed by atoms with Crippen molar-refractivity contribution in [1.29, 1.82) is 0 Å². The largest absolute Gasteiger partial charge is 0.350 e. The zero-order chi connectivity index (χ0) is 26.3. The molecule has 0 aliphatic carbocycles. The number of hydrogen-bond acceptors (Lipinski definition) is 3. The summed E-state index contributed by atoms with van der Waals surface area (Å²) in [5.41, 5.74) is 5.14. The van der Waals surface area contributed by atoms with E-state index < -0.39 is 0 Å². The third-order valence-corrected chi connectivity index (χ3v) is 8.34. The van der Waals surface area contributed by atoms with E-state index in [1.165, 1.54) is 5.56 Å². The summed E-state index contributed by atoms with van der Waals surface area (Å²) in [5, 5.41) is 12.9. The van der Waals surface area contributed by atoms with Gasteiger partial charge in [-0.2, -0.15) is 5.10 Å². The molecule has 0 bridgehead atoms. The lowest BCUT2D eigenvalue weighted by Crippen LogP contribution is -2.33. The van der Waals surface area contributed by atoms with Crippen LogP contribution in [0.25, 0.3) is 38.9 Å². The van der Waals surface area contributed by atoms with Crippen molar-refractivity contribution in [2.75, 3.05) is 13.1 Å². The van der Waals surface area contributed by atoms with Gasteiger partial charge < -0.3 is 14.5 Å². The number of rotatable bonds is 6. The Hall–Kier alpha value is -4.36. The van der Waals surface area contributed by atoms with Gasteiger partial charge in [0.15, 0.2) is 5.82 Å². The van der Waals surface area contributed by atoms with Crippen LogP contribution >= 0.6 is 0 Å². The van der Waals surface area contributed by atoms with E-state index in [0.717, 1.165) is 65.4 Å². The molecule has 1 aliphatic heterocycles. The summed E-state index contributed by atoms with van der Waals surface area (Å²) >= 11 is 0. The molecule has 1 fully saturated rings. The molecular formula is C32H32N6O. The highest BCUT2D eigenvalue weighted by Crippen LogP contribution is 2.37. The van der Waals surface area contributed by atoms with Crippen molar-refractivity contribution in [1.82, 2.24) is 29.2 Å². The molecule has 3 aromatic carbocycles. The first-order chi connectivity index (χ1) is 19.2. The Balaban J connectivity index is 1.42. The molecule has 0 amide bonds. The SMILES string of the molecule is Cn1cc(-c2n[nH]c(=O)n2-c2cn(C(Cc3ccccc3)C3CCNCC3)c3ccccc23)c2ccccc21. The molecule has 1 aliphatic rings. The topological polar surface area (TPSA) is 72.6 Å². The summed E-state index contributed by atoms with van der Waals surface area (Å²) in [6.07, 6.45) is 7.45. The van der Waals surface area contributed by atoms with Crippen LogP contribution in [0.1, 0.15) is 24.4 Å². The number of fused-ring (bicyclic) bond motifs is 2. The number of para-hydroxylation sites is 2. The molecule has 2 N–H and O–H groups in total. The van der Waals surface area contributed by atoms with Crippen LogP contribution in [0, 0.1) is 5.92 Å². The summed E-state index contributed by atoms with van der Waals surface area (Å²) in [5.74, 6) is 1.16. The van der Waals surface area contributed by atoms with Crippen molar-refractivity contribution in [3.63, 3.8) is 0 Å². The van der Waals surface area contributed by atoms with Crippen LogP contribution in [0.4, 0.5) is 0 Å². The Morgan fingerprint density at radius 2 is 1.56 bits per heavy atom. The summed E-state index contributed by atoms with van der Waals surface area (Å²) in [6, 6.07) is 27.7. The Bertz CT molecular complexity index is 1820. The molecule has 3 aromatic heterocycles. The summed E-state index contributed by atoms with van der Waals surface area (Å²) < 4.78 is 6.27. The molecule has 196 valence electrons. The van der Waals surface area contributed by atoms with E-state index in [2.05, 4.69) is 104 Å².